The van der Waals surface area contributed by atoms with Gasteiger partial charge >= 0.3 is 5.97 Å². The number of carbonyl (C=O) groups is 1. The molecule has 0 bridgehead atoms. The molecule has 0 aliphatic rings. The Hall–Kier alpha value is -2.03. The van der Waals surface area contributed by atoms with Crippen molar-refractivity contribution in [1.29, 1.82) is 0 Å². The molecular formula is C15H16O3. The molecule has 0 unspecified atom stereocenters. The first-order chi connectivity index (χ1) is 8.49. The molecule has 3 heteroatoms. The molecule has 0 N–H and O–H groups in total. The molecule has 0 spiro atoms. The Morgan fingerprint density at radius 3 is 2.22 bits per heavy atom. The van der Waals surface area contributed by atoms with Crippen LogP contribution in [0.15, 0.2) is 28.9 Å². The summed E-state index contributed by atoms with van der Waals surface area (Å²) in [6.07, 6.45) is 1.49. The SMILES string of the molecule is Cc1cc(C)c(OC(=O)c2ccoc2C)c(C)c1. The lowest BCUT2D eigenvalue weighted by Crippen LogP contribution is -2.10. The van der Waals surface area contributed by atoms with Gasteiger partial charge in [0.05, 0.1) is 6.26 Å². The van der Waals surface area contributed by atoms with Crippen molar-refractivity contribution in [3.05, 3.63) is 52.5 Å². The quantitative estimate of drug-likeness (QED) is 0.597. The summed E-state index contributed by atoms with van der Waals surface area (Å²) in [6, 6.07) is 5.62. The van der Waals surface area contributed by atoms with Crippen molar-refractivity contribution in [1.82, 2.24) is 0 Å². The number of hydrogen-bond acceptors (Lipinski definition) is 3. The van der Waals surface area contributed by atoms with Crippen LogP contribution in [0.25, 0.3) is 0 Å². The third-order valence-electron chi connectivity index (χ3n) is 2.88. The summed E-state index contributed by atoms with van der Waals surface area (Å²) in [4.78, 5) is 12.0. The number of benzene rings is 1. The highest BCUT2D eigenvalue weighted by Gasteiger charge is 2.16. The molecule has 2 rings (SSSR count). The first kappa shape index (κ1) is 12.4. The van der Waals surface area contributed by atoms with Crippen LogP contribution in [0.5, 0.6) is 5.75 Å². The first-order valence-electron chi connectivity index (χ1n) is 5.83. The van der Waals surface area contributed by atoms with Gasteiger partial charge in [-0.1, -0.05) is 17.7 Å². The van der Waals surface area contributed by atoms with Gasteiger partial charge in [0.15, 0.2) is 0 Å². The van der Waals surface area contributed by atoms with Crippen LogP contribution in [-0.2, 0) is 0 Å². The van der Waals surface area contributed by atoms with Gasteiger partial charge in [-0.25, -0.2) is 4.79 Å². The zero-order chi connectivity index (χ0) is 13.3. The summed E-state index contributed by atoms with van der Waals surface area (Å²) in [5.74, 6) is 0.824. The average molecular weight is 244 g/mol. The largest absolute Gasteiger partial charge is 0.469 e. The van der Waals surface area contributed by atoms with Crippen LogP contribution in [-0.4, -0.2) is 5.97 Å². The summed E-state index contributed by atoms with van der Waals surface area (Å²) < 4.78 is 10.6. The molecule has 2 aromatic rings. The van der Waals surface area contributed by atoms with Gasteiger partial charge in [0.25, 0.3) is 0 Å². The molecule has 0 saturated heterocycles. The van der Waals surface area contributed by atoms with Crippen LogP contribution in [0.2, 0.25) is 0 Å². The van der Waals surface area contributed by atoms with Crippen LogP contribution in [0.3, 0.4) is 0 Å². The van der Waals surface area contributed by atoms with Crippen molar-refractivity contribution >= 4 is 5.97 Å². The van der Waals surface area contributed by atoms with Gasteiger partial charge in [-0.2, -0.15) is 0 Å². The minimum Gasteiger partial charge on any atom is -0.469 e. The minimum absolute atomic E-state index is 0.378. The minimum atomic E-state index is -0.378. The van der Waals surface area contributed by atoms with Crippen LogP contribution in [0.1, 0.15) is 32.8 Å². The molecular weight excluding hydrogens is 228 g/mol. The number of aryl methyl sites for hydroxylation is 4. The molecule has 1 aromatic heterocycles. The van der Waals surface area contributed by atoms with E-state index in [1.54, 1.807) is 13.0 Å². The fourth-order valence-electron chi connectivity index (χ4n) is 2.07. The Morgan fingerprint density at radius 1 is 1.11 bits per heavy atom. The van der Waals surface area contributed by atoms with Gasteiger partial charge in [-0.15, -0.1) is 0 Å². The number of rotatable bonds is 2. The maximum atomic E-state index is 12.0. The molecule has 0 radical (unpaired) electrons. The van der Waals surface area contributed by atoms with E-state index >= 15 is 0 Å². The standard InChI is InChI=1S/C15H16O3/c1-9-7-10(2)14(11(3)8-9)18-15(16)13-5-6-17-12(13)4/h5-8H,1-4H3. The summed E-state index contributed by atoms with van der Waals surface area (Å²) in [5, 5.41) is 0. The highest BCUT2D eigenvalue weighted by molar-refractivity contribution is 5.92. The summed E-state index contributed by atoms with van der Waals surface area (Å²) >= 11 is 0. The summed E-state index contributed by atoms with van der Waals surface area (Å²) in [7, 11) is 0. The predicted molar refractivity (Wildman–Crippen MR) is 69.1 cm³/mol. The normalized spacial score (nSPS) is 10.4. The number of carbonyl (C=O) groups excluding carboxylic acids is 1. The number of ether oxygens (including phenoxy) is 1. The van der Waals surface area contributed by atoms with Crippen molar-refractivity contribution in [2.24, 2.45) is 0 Å². The molecule has 0 fully saturated rings. The maximum Gasteiger partial charge on any atom is 0.347 e. The Balaban J connectivity index is 2.31. The van der Waals surface area contributed by atoms with Crippen LogP contribution < -0.4 is 4.74 Å². The van der Waals surface area contributed by atoms with Crippen molar-refractivity contribution in [2.75, 3.05) is 0 Å². The fraction of sp³-hybridized carbons (Fsp3) is 0.267. The van der Waals surface area contributed by atoms with Crippen molar-refractivity contribution in [2.45, 2.75) is 27.7 Å². The van der Waals surface area contributed by atoms with Crippen LogP contribution in [0, 0.1) is 27.7 Å². The van der Waals surface area contributed by atoms with E-state index in [-0.39, 0.29) is 5.97 Å². The highest BCUT2D eigenvalue weighted by atomic mass is 16.5. The van der Waals surface area contributed by atoms with E-state index in [1.807, 2.05) is 32.9 Å². The molecule has 1 aromatic carbocycles. The molecule has 1 heterocycles. The van der Waals surface area contributed by atoms with E-state index < -0.39 is 0 Å². The topological polar surface area (TPSA) is 39.4 Å². The van der Waals surface area contributed by atoms with Gasteiger partial charge in [0.1, 0.15) is 17.1 Å². The zero-order valence-corrected chi connectivity index (χ0v) is 11.0. The summed E-state index contributed by atoms with van der Waals surface area (Å²) in [6.45, 7) is 7.63. The molecule has 94 valence electrons. The summed E-state index contributed by atoms with van der Waals surface area (Å²) in [5.41, 5.74) is 3.54. The van der Waals surface area contributed by atoms with E-state index in [9.17, 15) is 4.79 Å². The second-order valence-corrected chi connectivity index (χ2v) is 4.51. The van der Waals surface area contributed by atoms with E-state index in [2.05, 4.69) is 0 Å². The third kappa shape index (κ3) is 2.30. The first-order valence-corrected chi connectivity index (χ1v) is 5.83. The van der Waals surface area contributed by atoms with Crippen molar-refractivity contribution in [3.63, 3.8) is 0 Å². The molecule has 0 atom stereocenters. The molecule has 18 heavy (non-hydrogen) atoms. The average Bonchev–Trinajstić information content (AvgIpc) is 2.69. The lowest BCUT2D eigenvalue weighted by molar-refractivity contribution is 0.0730. The fourth-order valence-corrected chi connectivity index (χ4v) is 2.07. The molecule has 3 nitrogen and oxygen atoms in total. The van der Waals surface area contributed by atoms with E-state index in [4.69, 9.17) is 9.15 Å². The van der Waals surface area contributed by atoms with E-state index in [0.29, 0.717) is 17.1 Å². The van der Waals surface area contributed by atoms with Gasteiger partial charge in [-0.05, 0) is 44.9 Å². The Kier molecular flexibility index (Phi) is 3.24. The Labute approximate surface area is 106 Å². The van der Waals surface area contributed by atoms with Gasteiger partial charge in [0.2, 0.25) is 0 Å². The number of esters is 1. The van der Waals surface area contributed by atoms with Crippen molar-refractivity contribution < 1.29 is 13.9 Å². The number of hydrogen-bond donors (Lipinski definition) is 0. The molecule has 0 aliphatic carbocycles. The highest BCUT2D eigenvalue weighted by Crippen LogP contribution is 2.26. The van der Waals surface area contributed by atoms with Crippen LogP contribution >= 0.6 is 0 Å². The maximum absolute atomic E-state index is 12.0. The molecule has 0 saturated carbocycles. The monoisotopic (exact) mass is 244 g/mol. The zero-order valence-electron chi connectivity index (χ0n) is 11.0. The third-order valence-corrected chi connectivity index (χ3v) is 2.88. The smallest absolute Gasteiger partial charge is 0.347 e. The lowest BCUT2D eigenvalue weighted by atomic mass is 10.1. The van der Waals surface area contributed by atoms with Crippen molar-refractivity contribution in [3.8, 4) is 5.75 Å². The number of furan rings is 1. The lowest BCUT2D eigenvalue weighted by Gasteiger charge is -2.11. The Morgan fingerprint density at radius 2 is 1.72 bits per heavy atom. The van der Waals surface area contributed by atoms with Gasteiger partial charge in [0, 0.05) is 0 Å². The molecule has 0 amide bonds. The van der Waals surface area contributed by atoms with Crippen LogP contribution in [0.4, 0.5) is 0 Å². The second-order valence-electron chi connectivity index (χ2n) is 4.51. The van der Waals surface area contributed by atoms with E-state index in [1.165, 1.54) is 6.26 Å². The predicted octanol–water partition coefficient (Wildman–Crippen LogP) is 3.73. The molecule has 0 aliphatic heterocycles. The van der Waals surface area contributed by atoms with Gasteiger partial charge in [-0.3, -0.25) is 0 Å². The van der Waals surface area contributed by atoms with Gasteiger partial charge < -0.3 is 9.15 Å². The Bertz CT molecular complexity index is 571. The van der Waals surface area contributed by atoms with E-state index in [0.717, 1.165) is 16.7 Å². The second kappa shape index (κ2) is 4.69.